The summed E-state index contributed by atoms with van der Waals surface area (Å²) in [6.45, 7) is 43.9. The van der Waals surface area contributed by atoms with Gasteiger partial charge in [0.25, 0.3) is 6.33 Å². The zero-order valence-corrected chi connectivity index (χ0v) is 48.6. The van der Waals surface area contributed by atoms with Crippen molar-refractivity contribution in [3.05, 3.63) is 208 Å². The Morgan fingerprint density at radius 3 is 1.53 bits per heavy atom. The largest absolute Gasteiger partial charge is 0.458 e. The van der Waals surface area contributed by atoms with Crippen molar-refractivity contribution in [1.82, 2.24) is 14.1 Å². The smallest absolute Gasteiger partial charge is 0.269 e. The molecule has 0 saturated carbocycles. The average molecular weight is 995 g/mol. The summed E-state index contributed by atoms with van der Waals surface area (Å²) in [6, 6.07) is 53.6. The standard InChI is InChI=1S/C70H82N4O/c1-64(2,3)48-34-35-71-61(42-48)74-59-33-30-49(69(16,17)46-26-22-20-23-27-46)41-58(59)57-32-31-55(44-60(57)74)75-56-40-52(70(18,19)47-28-24-21-25-29-47)39-54(43-56)73-45-72(62(67(10,11)12)63(73)68(13,14)15)53-37-50(65(4,5)6)36-51(38-53)66(7,8)9/h20-44H,1-19H3. The van der Waals surface area contributed by atoms with Crippen molar-refractivity contribution in [3.63, 3.8) is 0 Å². The highest BCUT2D eigenvalue weighted by Crippen LogP contribution is 2.43. The number of pyridine rings is 1. The van der Waals surface area contributed by atoms with Crippen LogP contribution in [0.15, 0.2) is 152 Å². The molecule has 0 amide bonds. The molecule has 0 atom stereocenters. The first-order valence-electron chi connectivity index (χ1n) is 27.1. The molecule has 0 aliphatic carbocycles. The van der Waals surface area contributed by atoms with Crippen LogP contribution in [0.2, 0.25) is 0 Å². The third-order valence-corrected chi connectivity index (χ3v) is 15.6. The third-order valence-electron chi connectivity index (χ3n) is 15.6. The lowest BCUT2D eigenvalue weighted by molar-refractivity contribution is -0.611. The van der Waals surface area contributed by atoms with E-state index >= 15 is 0 Å². The fraction of sp³-hybridized carbons (Fsp3) is 0.371. The summed E-state index contributed by atoms with van der Waals surface area (Å²) in [5, 5.41) is 2.32. The van der Waals surface area contributed by atoms with Gasteiger partial charge in [0.05, 0.1) is 33.8 Å². The van der Waals surface area contributed by atoms with Gasteiger partial charge in [-0.05, 0) is 133 Å². The van der Waals surface area contributed by atoms with E-state index in [1.165, 1.54) is 50.2 Å². The van der Waals surface area contributed by atoms with Crippen LogP contribution in [-0.2, 0) is 37.9 Å². The van der Waals surface area contributed by atoms with Crippen LogP contribution >= 0.6 is 0 Å². The van der Waals surface area contributed by atoms with Gasteiger partial charge < -0.3 is 4.74 Å². The molecule has 5 nitrogen and oxygen atoms in total. The van der Waals surface area contributed by atoms with Crippen LogP contribution in [-0.4, -0.2) is 14.1 Å². The number of ether oxygens (including phenoxy) is 1. The molecule has 0 aliphatic rings. The molecule has 0 unspecified atom stereocenters. The van der Waals surface area contributed by atoms with E-state index in [4.69, 9.17) is 9.72 Å². The molecule has 6 aromatic carbocycles. The molecule has 0 radical (unpaired) electrons. The minimum atomic E-state index is -0.374. The molecule has 0 saturated heterocycles. The summed E-state index contributed by atoms with van der Waals surface area (Å²) in [6.07, 6.45) is 5.99. The van der Waals surface area contributed by atoms with Crippen molar-refractivity contribution in [1.29, 1.82) is 0 Å². The zero-order chi connectivity index (χ0) is 54.4. The molecular formula is C70H82N4O. The number of rotatable bonds is 9. The van der Waals surface area contributed by atoms with Crippen molar-refractivity contribution in [3.8, 4) is 28.7 Å². The molecule has 3 heterocycles. The van der Waals surface area contributed by atoms with Crippen molar-refractivity contribution in [2.24, 2.45) is 0 Å². The van der Waals surface area contributed by atoms with Gasteiger partial charge in [-0.25, -0.2) is 4.98 Å². The Morgan fingerprint density at radius 2 is 0.987 bits per heavy atom. The molecule has 0 aliphatic heterocycles. The van der Waals surface area contributed by atoms with Crippen LogP contribution in [0.1, 0.15) is 182 Å². The predicted octanol–water partition coefficient (Wildman–Crippen LogP) is 18.0. The predicted molar refractivity (Wildman–Crippen MR) is 315 cm³/mol. The van der Waals surface area contributed by atoms with Gasteiger partial charge >= 0.3 is 0 Å². The van der Waals surface area contributed by atoms with Crippen LogP contribution in [0.25, 0.3) is 39.0 Å². The summed E-state index contributed by atoms with van der Waals surface area (Å²) < 4.78 is 14.3. The van der Waals surface area contributed by atoms with Crippen LogP contribution < -0.4 is 9.30 Å². The molecule has 0 N–H and O–H groups in total. The lowest BCUT2D eigenvalue weighted by Crippen LogP contribution is -2.41. The van der Waals surface area contributed by atoms with Gasteiger partial charge in [0.15, 0.2) is 0 Å². The van der Waals surface area contributed by atoms with Crippen molar-refractivity contribution in [2.45, 2.75) is 169 Å². The van der Waals surface area contributed by atoms with Crippen LogP contribution in [0, 0.1) is 6.33 Å². The van der Waals surface area contributed by atoms with Crippen LogP contribution in [0.5, 0.6) is 11.5 Å². The van der Waals surface area contributed by atoms with E-state index in [0.717, 1.165) is 50.7 Å². The number of hydrogen-bond donors (Lipinski definition) is 0. The minimum Gasteiger partial charge on any atom is -0.458 e. The Labute approximate surface area is 449 Å². The molecule has 9 aromatic rings. The number of hydrogen-bond acceptors (Lipinski definition) is 2. The number of aromatic nitrogens is 4. The normalized spacial score (nSPS) is 13.3. The first-order valence-corrected chi connectivity index (χ1v) is 27.1. The maximum absolute atomic E-state index is 7.27. The molecule has 0 bridgehead atoms. The number of benzene rings is 6. The van der Waals surface area contributed by atoms with E-state index in [-0.39, 0.29) is 37.9 Å². The Kier molecular flexibility index (Phi) is 13.1. The van der Waals surface area contributed by atoms with E-state index in [9.17, 15) is 0 Å². The van der Waals surface area contributed by atoms with Crippen LogP contribution in [0.4, 0.5) is 0 Å². The van der Waals surface area contributed by atoms with Gasteiger partial charge in [-0.2, -0.15) is 0 Å². The molecule has 3 aromatic heterocycles. The molecule has 388 valence electrons. The highest BCUT2D eigenvalue weighted by atomic mass is 16.5. The van der Waals surface area contributed by atoms with Crippen molar-refractivity contribution >= 4 is 21.8 Å². The second kappa shape index (κ2) is 18.5. The van der Waals surface area contributed by atoms with Gasteiger partial charge in [0.1, 0.15) is 17.3 Å². The SMILES string of the molecule is CC(C)(C)c1cc(-[n+]2[c-]n(-c3cc(Oc4ccc5c6cc(C(C)(C)c7ccccc7)ccc6n(-c6cc(C(C)(C)C)ccn6)c5c4)cc(C(C)(C)c4ccccc4)c3)c(C(C)(C)C)c2C(C)(C)C)cc(C(C)(C)C)c1. The average Bonchev–Trinajstić information content (AvgIpc) is 3.92. The molecular weight excluding hydrogens is 913 g/mol. The zero-order valence-electron chi connectivity index (χ0n) is 48.6. The Hall–Kier alpha value is -6.72. The molecule has 0 spiro atoms. The first kappa shape index (κ1) is 53.1. The molecule has 9 rings (SSSR count). The van der Waals surface area contributed by atoms with E-state index in [1.807, 2.05) is 6.20 Å². The maximum Gasteiger partial charge on any atom is 0.269 e. The summed E-state index contributed by atoms with van der Waals surface area (Å²) >= 11 is 0. The number of nitrogens with zero attached hydrogens (tertiary/aromatic N) is 4. The fourth-order valence-corrected chi connectivity index (χ4v) is 10.8. The quantitative estimate of drug-likeness (QED) is 0.107. The fourth-order valence-electron chi connectivity index (χ4n) is 10.8. The summed E-state index contributed by atoms with van der Waals surface area (Å²) in [4.78, 5) is 5.06. The highest BCUT2D eigenvalue weighted by molar-refractivity contribution is 6.10. The lowest BCUT2D eigenvalue weighted by Gasteiger charge is -2.31. The van der Waals surface area contributed by atoms with Crippen molar-refractivity contribution < 1.29 is 9.30 Å². The second-order valence-corrected chi connectivity index (χ2v) is 27.4. The van der Waals surface area contributed by atoms with Crippen molar-refractivity contribution in [2.75, 3.05) is 0 Å². The third kappa shape index (κ3) is 10.2. The lowest BCUT2D eigenvalue weighted by atomic mass is 9.78. The van der Waals surface area contributed by atoms with E-state index in [1.54, 1.807) is 0 Å². The Morgan fingerprint density at radius 1 is 0.413 bits per heavy atom. The second-order valence-electron chi connectivity index (χ2n) is 27.4. The summed E-state index contributed by atoms with van der Waals surface area (Å²) in [5.41, 5.74) is 14.2. The van der Waals surface area contributed by atoms with Crippen LogP contribution in [0.3, 0.4) is 0 Å². The van der Waals surface area contributed by atoms with Gasteiger partial charge in [0, 0.05) is 33.9 Å². The maximum atomic E-state index is 7.27. The topological polar surface area (TPSA) is 35.9 Å². The van der Waals surface area contributed by atoms with Gasteiger partial charge in [-0.3, -0.25) is 13.7 Å². The monoisotopic (exact) mass is 995 g/mol. The highest BCUT2D eigenvalue weighted by Gasteiger charge is 2.36. The Bertz CT molecular complexity index is 3540. The Balaban J connectivity index is 1.28. The number of fused-ring (bicyclic) bond motifs is 3. The van der Waals surface area contributed by atoms with E-state index in [2.05, 4.69) is 297 Å². The molecule has 0 fully saturated rings. The van der Waals surface area contributed by atoms with E-state index in [0.29, 0.717) is 0 Å². The van der Waals surface area contributed by atoms with Gasteiger partial charge in [0.2, 0.25) is 0 Å². The molecule has 5 heteroatoms. The molecule has 75 heavy (non-hydrogen) atoms. The first-order chi connectivity index (χ1) is 34.8. The minimum absolute atomic E-state index is 0.0515. The number of imidazole rings is 1. The van der Waals surface area contributed by atoms with E-state index < -0.39 is 0 Å². The summed E-state index contributed by atoms with van der Waals surface area (Å²) in [7, 11) is 0. The van der Waals surface area contributed by atoms with Gasteiger partial charge in [-0.15, -0.1) is 0 Å². The van der Waals surface area contributed by atoms with Gasteiger partial charge in [-0.1, -0.05) is 204 Å². The summed E-state index contributed by atoms with van der Waals surface area (Å²) in [5.74, 6) is 2.38.